The van der Waals surface area contributed by atoms with E-state index in [1.54, 1.807) is 0 Å². The van der Waals surface area contributed by atoms with Crippen LogP contribution in [0.25, 0.3) is 32.8 Å². The van der Waals surface area contributed by atoms with E-state index in [0.29, 0.717) is 25.7 Å². The molecular weight excluding hydrogens is 570 g/mol. The minimum absolute atomic E-state index is 0.123. The first-order valence-electron chi connectivity index (χ1n) is 15.1. The molecule has 6 heterocycles. The average molecular weight is 608 g/mol. The van der Waals surface area contributed by atoms with Crippen LogP contribution in [0.2, 0.25) is 0 Å². The van der Waals surface area contributed by atoms with Crippen molar-refractivity contribution in [3.63, 3.8) is 0 Å². The number of rotatable bonds is 8. The van der Waals surface area contributed by atoms with Crippen LogP contribution in [0, 0.1) is 6.92 Å². The molecule has 0 saturated carbocycles. The Morgan fingerprint density at radius 3 is 2.65 bits per heavy atom. The van der Waals surface area contributed by atoms with E-state index in [4.69, 9.17) is 24.3 Å². The molecule has 3 aliphatic heterocycles. The van der Waals surface area contributed by atoms with E-state index in [2.05, 4.69) is 23.2 Å². The first kappa shape index (κ1) is 28.6. The molecule has 0 amide bonds. The van der Waals surface area contributed by atoms with Crippen LogP contribution in [-0.4, -0.2) is 89.0 Å². The summed E-state index contributed by atoms with van der Waals surface area (Å²) in [5.41, 5.74) is 4.94. The van der Waals surface area contributed by atoms with Crippen LogP contribution in [0.3, 0.4) is 0 Å². The third-order valence-electron chi connectivity index (χ3n) is 8.77. The van der Waals surface area contributed by atoms with E-state index in [-0.39, 0.29) is 37.1 Å². The van der Waals surface area contributed by atoms with Crippen molar-refractivity contribution >= 4 is 31.7 Å². The molecule has 1 aromatic carbocycles. The summed E-state index contributed by atoms with van der Waals surface area (Å²) in [6, 6.07) is 8.41. The molecule has 12 heteroatoms. The van der Waals surface area contributed by atoms with E-state index < -0.39 is 16.6 Å². The van der Waals surface area contributed by atoms with Crippen molar-refractivity contribution in [2.24, 2.45) is 0 Å². The third-order valence-corrected chi connectivity index (χ3v) is 10.6. The van der Waals surface area contributed by atoms with Gasteiger partial charge in [-0.1, -0.05) is 0 Å². The van der Waals surface area contributed by atoms with E-state index in [1.807, 2.05) is 30.1 Å². The zero-order valence-corrected chi connectivity index (χ0v) is 25.1. The molecule has 43 heavy (non-hydrogen) atoms. The van der Waals surface area contributed by atoms with Crippen LogP contribution in [-0.2, 0) is 19.5 Å². The van der Waals surface area contributed by atoms with E-state index in [1.165, 1.54) is 4.31 Å². The molecule has 228 valence electrons. The molecule has 3 fully saturated rings. The van der Waals surface area contributed by atoms with E-state index >= 15 is 0 Å². The molecule has 1 N–H and O–H groups in total. The van der Waals surface area contributed by atoms with Gasteiger partial charge in [0.1, 0.15) is 6.10 Å². The lowest BCUT2D eigenvalue weighted by atomic mass is 9.87. The Bertz CT molecular complexity index is 1740. The molecule has 7 rings (SSSR count). The SMILES string of the molecule is Cc1cc(-c2c(C3CCOCC3)nc(OC3CN(S(=O)(=O)CCO)C3)c3cc4c(cnn4C4CCCCO4)cc23)ccn1. The summed E-state index contributed by atoms with van der Waals surface area (Å²) in [4.78, 5) is 9.69. The summed E-state index contributed by atoms with van der Waals surface area (Å²) in [5, 5.41) is 16.8. The second-order valence-corrected chi connectivity index (χ2v) is 13.8. The van der Waals surface area contributed by atoms with Crippen molar-refractivity contribution < 1.29 is 27.7 Å². The van der Waals surface area contributed by atoms with E-state index in [9.17, 15) is 13.5 Å². The predicted octanol–water partition coefficient (Wildman–Crippen LogP) is 3.93. The summed E-state index contributed by atoms with van der Waals surface area (Å²) >= 11 is 0. The van der Waals surface area contributed by atoms with Gasteiger partial charge in [0.25, 0.3) is 0 Å². The number of ether oxygens (including phenoxy) is 3. The molecule has 11 nitrogen and oxygen atoms in total. The van der Waals surface area contributed by atoms with Gasteiger partial charge in [0, 0.05) is 54.0 Å². The molecule has 4 aromatic rings. The molecule has 1 unspecified atom stereocenters. The molecule has 0 spiro atoms. The first-order chi connectivity index (χ1) is 20.9. The van der Waals surface area contributed by atoms with E-state index in [0.717, 1.165) is 76.3 Å². The summed E-state index contributed by atoms with van der Waals surface area (Å²) in [7, 11) is -3.52. The molecule has 3 aliphatic rings. The number of benzene rings is 1. The summed E-state index contributed by atoms with van der Waals surface area (Å²) in [6.45, 7) is 4.08. The zero-order valence-electron chi connectivity index (χ0n) is 24.3. The smallest absolute Gasteiger partial charge is 0.222 e. The Kier molecular flexibility index (Phi) is 7.81. The maximum Gasteiger partial charge on any atom is 0.222 e. The highest BCUT2D eigenvalue weighted by Crippen LogP contribution is 2.43. The second-order valence-electron chi connectivity index (χ2n) is 11.7. The fraction of sp³-hybridized carbons (Fsp3) is 0.516. The van der Waals surface area contributed by atoms with Gasteiger partial charge in [-0.2, -0.15) is 9.40 Å². The van der Waals surface area contributed by atoms with Crippen molar-refractivity contribution in [1.82, 2.24) is 24.1 Å². The number of hydrogen-bond acceptors (Lipinski definition) is 9. The Morgan fingerprint density at radius 1 is 1.07 bits per heavy atom. The van der Waals surface area contributed by atoms with Crippen LogP contribution >= 0.6 is 0 Å². The monoisotopic (exact) mass is 607 g/mol. The fourth-order valence-electron chi connectivity index (χ4n) is 6.45. The van der Waals surface area contributed by atoms with Crippen molar-refractivity contribution in [3.05, 3.63) is 48.0 Å². The number of aryl methyl sites for hydroxylation is 1. The van der Waals surface area contributed by atoms with Gasteiger partial charge in [-0.15, -0.1) is 0 Å². The van der Waals surface area contributed by atoms with Gasteiger partial charge in [-0.3, -0.25) is 4.98 Å². The van der Waals surface area contributed by atoms with Crippen LogP contribution in [0.4, 0.5) is 0 Å². The number of sulfonamides is 1. The number of aliphatic hydroxyl groups excluding tert-OH is 1. The minimum atomic E-state index is -3.52. The van der Waals surface area contributed by atoms with Gasteiger partial charge in [0.15, 0.2) is 6.23 Å². The predicted molar refractivity (Wildman–Crippen MR) is 161 cm³/mol. The van der Waals surface area contributed by atoms with Crippen LogP contribution in [0.15, 0.2) is 36.7 Å². The summed E-state index contributed by atoms with van der Waals surface area (Å²) < 4.78 is 46.6. The Morgan fingerprint density at radius 2 is 1.91 bits per heavy atom. The maximum atomic E-state index is 12.5. The van der Waals surface area contributed by atoms with Gasteiger partial charge < -0.3 is 19.3 Å². The van der Waals surface area contributed by atoms with Gasteiger partial charge in [-0.25, -0.2) is 18.1 Å². The zero-order chi connectivity index (χ0) is 29.6. The topological polar surface area (TPSA) is 129 Å². The van der Waals surface area contributed by atoms with Crippen molar-refractivity contribution in [2.45, 2.75) is 57.3 Å². The van der Waals surface area contributed by atoms with Crippen molar-refractivity contribution in [3.8, 4) is 17.0 Å². The van der Waals surface area contributed by atoms with Crippen molar-refractivity contribution in [2.75, 3.05) is 45.3 Å². The number of aromatic nitrogens is 4. The molecular formula is C31H37N5O6S. The third kappa shape index (κ3) is 5.51. The number of fused-ring (bicyclic) bond motifs is 2. The normalized spacial score (nSPS) is 20.9. The highest BCUT2D eigenvalue weighted by atomic mass is 32.2. The first-order valence-corrected chi connectivity index (χ1v) is 16.7. The lowest BCUT2D eigenvalue weighted by Crippen LogP contribution is -2.56. The second kappa shape index (κ2) is 11.7. The quantitative estimate of drug-likeness (QED) is 0.317. The Hall–Kier alpha value is -3.16. The number of pyridine rings is 2. The molecule has 3 saturated heterocycles. The summed E-state index contributed by atoms with van der Waals surface area (Å²) in [5.74, 6) is 0.385. The lowest BCUT2D eigenvalue weighted by molar-refractivity contribution is -0.0366. The highest BCUT2D eigenvalue weighted by molar-refractivity contribution is 7.89. The van der Waals surface area contributed by atoms with Gasteiger partial charge in [-0.05, 0) is 74.2 Å². The largest absolute Gasteiger partial charge is 0.471 e. The lowest BCUT2D eigenvalue weighted by Gasteiger charge is -2.37. The minimum Gasteiger partial charge on any atom is -0.471 e. The molecule has 0 bridgehead atoms. The number of aliphatic hydroxyl groups is 1. The standard InChI is InChI=1S/C31H37N5O6S/c1-20-14-22(5-8-32-20)29-25-15-23-17-33-36(28-4-2-3-10-41-28)27(23)16-26(25)31(34-30(29)21-6-11-40-12-7-21)42-24-18-35(19-24)43(38,39)13-9-37/h5,8,14-17,21,24,28,37H,2-4,6-7,9-13,18-19H2,1H3. The highest BCUT2D eigenvalue weighted by Gasteiger charge is 2.38. The van der Waals surface area contributed by atoms with Gasteiger partial charge in [0.2, 0.25) is 15.9 Å². The maximum absolute atomic E-state index is 12.5. The Balaban J connectivity index is 1.39. The van der Waals surface area contributed by atoms with Crippen molar-refractivity contribution in [1.29, 1.82) is 0 Å². The van der Waals surface area contributed by atoms with Gasteiger partial charge >= 0.3 is 0 Å². The molecule has 1 atom stereocenters. The van der Waals surface area contributed by atoms with Crippen LogP contribution in [0.1, 0.15) is 55.6 Å². The Labute approximate surface area is 250 Å². The summed E-state index contributed by atoms with van der Waals surface area (Å²) in [6.07, 6.45) is 8.02. The average Bonchev–Trinajstić information content (AvgIpc) is 3.41. The molecule has 3 aromatic heterocycles. The molecule has 0 radical (unpaired) electrons. The van der Waals surface area contributed by atoms with Gasteiger partial charge in [0.05, 0.1) is 42.9 Å². The molecule has 0 aliphatic carbocycles. The van der Waals surface area contributed by atoms with Crippen LogP contribution < -0.4 is 4.74 Å². The number of nitrogens with zero attached hydrogens (tertiary/aromatic N) is 5. The van der Waals surface area contributed by atoms with Crippen LogP contribution in [0.5, 0.6) is 5.88 Å². The fourth-order valence-corrected chi connectivity index (χ4v) is 7.73. The number of hydrogen-bond donors (Lipinski definition) is 1.